The number of nitrogens with zero attached hydrogens (tertiary/aromatic N) is 3. The fourth-order valence-corrected chi connectivity index (χ4v) is 2.67. The number of benzene rings is 1. The zero-order valence-electron chi connectivity index (χ0n) is 11.7. The fourth-order valence-electron chi connectivity index (χ4n) is 1.89. The summed E-state index contributed by atoms with van der Waals surface area (Å²) in [6.45, 7) is 3.46. The SMILES string of the molecule is Cc1cc(C)c(-n2cnc(C(F)(F)F)n2)cc1SCC(F)F. The number of hydrogen-bond acceptors (Lipinski definition) is 3. The van der Waals surface area contributed by atoms with Crippen LogP contribution in [0.3, 0.4) is 0 Å². The summed E-state index contributed by atoms with van der Waals surface area (Å²) in [6.07, 6.45) is -6.13. The molecule has 2 aromatic rings. The summed E-state index contributed by atoms with van der Waals surface area (Å²) in [5, 5.41) is 3.40. The third kappa shape index (κ3) is 3.76. The van der Waals surface area contributed by atoms with E-state index in [0.29, 0.717) is 16.1 Å². The summed E-state index contributed by atoms with van der Waals surface area (Å²) in [7, 11) is 0. The van der Waals surface area contributed by atoms with Crippen LogP contribution in [0.1, 0.15) is 17.0 Å². The molecule has 0 fully saturated rings. The summed E-state index contributed by atoms with van der Waals surface area (Å²) in [4.78, 5) is 3.81. The van der Waals surface area contributed by atoms with Gasteiger partial charge in [-0.1, -0.05) is 6.07 Å². The van der Waals surface area contributed by atoms with E-state index in [9.17, 15) is 22.0 Å². The van der Waals surface area contributed by atoms with Crippen LogP contribution in [0.25, 0.3) is 5.69 Å². The van der Waals surface area contributed by atoms with E-state index in [-0.39, 0.29) is 5.75 Å². The monoisotopic (exact) mass is 337 g/mol. The highest BCUT2D eigenvalue weighted by molar-refractivity contribution is 7.99. The van der Waals surface area contributed by atoms with Crippen molar-refractivity contribution in [2.24, 2.45) is 0 Å². The number of hydrogen-bond donors (Lipinski definition) is 0. The molecule has 0 radical (unpaired) electrons. The van der Waals surface area contributed by atoms with E-state index in [4.69, 9.17) is 0 Å². The van der Waals surface area contributed by atoms with Crippen molar-refractivity contribution < 1.29 is 22.0 Å². The normalized spacial score (nSPS) is 12.2. The number of rotatable bonds is 4. The van der Waals surface area contributed by atoms with Gasteiger partial charge in [-0.05, 0) is 31.0 Å². The highest BCUT2D eigenvalue weighted by atomic mass is 32.2. The molecule has 0 bridgehead atoms. The van der Waals surface area contributed by atoms with Crippen LogP contribution in [0.4, 0.5) is 22.0 Å². The molecule has 3 nitrogen and oxygen atoms in total. The summed E-state index contributed by atoms with van der Waals surface area (Å²) in [6, 6.07) is 3.27. The van der Waals surface area contributed by atoms with Crippen LogP contribution < -0.4 is 0 Å². The maximum atomic E-state index is 12.5. The Kier molecular flexibility index (Phi) is 4.74. The highest BCUT2D eigenvalue weighted by Gasteiger charge is 2.36. The van der Waals surface area contributed by atoms with Gasteiger partial charge >= 0.3 is 6.18 Å². The van der Waals surface area contributed by atoms with Crippen molar-refractivity contribution in [2.75, 3.05) is 5.75 Å². The molecule has 0 aliphatic rings. The van der Waals surface area contributed by atoms with Crippen molar-refractivity contribution in [1.29, 1.82) is 0 Å². The number of aryl methyl sites for hydroxylation is 2. The van der Waals surface area contributed by atoms with E-state index in [2.05, 4.69) is 10.1 Å². The molecule has 0 unspecified atom stereocenters. The van der Waals surface area contributed by atoms with Crippen LogP contribution >= 0.6 is 11.8 Å². The lowest BCUT2D eigenvalue weighted by Gasteiger charge is -2.11. The molecule has 1 heterocycles. The number of halogens is 5. The second-order valence-corrected chi connectivity index (χ2v) is 5.68. The van der Waals surface area contributed by atoms with Gasteiger partial charge in [0, 0.05) is 4.90 Å². The third-order valence-corrected chi connectivity index (χ3v) is 4.02. The van der Waals surface area contributed by atoms with Crippen LogP contribution in [0.5, 0.6) is 0 Å². The summed E-state index contributed by atoms with van der Waals surface area (Å²) in [5.41, 5.74) is 1.84. The molecule has 1 aromatic heterocycles. The van der Waals surface area contributed by atoms with E-state index in [1.54, 1.807) is 26.0 Å². The minimum absolute atomic E-state index is 0.380. The van der Waals surface area contributed by atoms with Gasteiger partial charge in [0.05, 0.1) is 11.4 Å². The largest absolute Gasteiger partial charge is 0.453 e. The molecule has 22 heavy (non-hydrogen) atoms. The molecule has 0 saturated carbocycles. The van der Waals surface area contributed by atoms with Gasteiger partial charge in [-0.15, -0.1) is 16.9 Å². The summed E-state index contributed by atoms with van der Waals surface area (Å²) >= 11 is 0.951. The maximum absolute atomic E-state index is 12.5. The Labute approximate surface area is 127 Å². The first kappa shape index (κ1) is 16.7. The molecule has 0 atom stereocenters. The van der Waals surface area contributed by atoms with E-state index in [1.165, 1.54) is 0 Å². The second-order valence-electron chi connectivity index (χ2n) is 4.62. The van der Waals surface area contributed by atoms with Gasteiger partial charge in [0.15, 0.2) is 0 Å². The third-order valence-electron chi connectivity index (χ3n) is 2.85. The van der Waals surface area contributed by atoms with Gasteiger partial charge < -0.3 is 0 Å². The van der Waals surface area contributed by atoms with Crippen LogP contribution in [0.15, 0.2) is 23.4 Å². The molecule has 0 saturated heterocycles. The molecular formula is C13H12F5N3S. The first-order valence-corrected chi connectivity index (χ1v) is 7.18. The molecule has 0 spiro atoms. The van der Waals surface area contributed by atoms with Crippen LogP contribution in [0.2, 0.25) is 0 Å². The first-order chi connectivity index (χ1) is 10.2. The van der Waals surface area contributed by atoms with Crippen molar-refractivity contribution >= 4 is 11.8 Å². The predicted octanol–water partition coefficient (Wildman–Crippen LogP) is 4.26. The standard InChI is InChI=1S/C13H12F5N3S/c1-7-3-8(2)10(22-5-11(14)15)4-9(7)21-6-19-12(20-21)13(16,17)18/h3-4,6,11H,5H2,1-2H3. The molecule has 9 heteroatoms. The van der Waals surface area contributed by atoms with E-state index in [0.717, 1.165) is 28.3 Å². The van der Waals surface area contributed by atoms with E-state index in [1.807, 2.05) is 0 Å². The smallest absolute Gasteiger partial charge is 0.220 e. The minimum Gasteiger partial charge on any atom is -0.220 e. The van der Waals surface area contributed by atoms with E-state index >= 15 is 0 Å². The Morgan fingerprint density at radius 2 is 1.86 bits per heavy atom. The van der Waals surface area contributed by atoms with E-state index < -0.39 is 18.4 Å². The lowest BCUT2D eigenvalue weighted by molar-refractivity contribution is -0.144. The zero-order chi connectivity index (χ0) is 16.5. The minimum atomic E-state index is -4.63. The Morgan fingerprint density at radius 1 is 1.18 bits per heavy atom. The zero-order valence-corrected chi connectivity index (χ0v) is 12.5. The van der Waals surface area contributed by atoms with Gasteiger partial charge in [-0.2, -0.15) is 13.2 Å². The van der Waals surface area contributed by atoms with Crippen molar-refractivity contribution in [3.8, 4) is 5.69 Å². The van der Waals surface area contributed by atoms with Gasteiger partial charge in [-0.25, -0.2) is 18.4 Å². The average Bonchev–Trinajstić information content (AvgIpc) is 2.86. The van der Waals surface area contributed by atoms with Crippen LogP contribution in [0, 0.1) is 13.8 Å². The van der Waals surface area contributed by atoms with Gasteiger partial charge in [-0.3, -0.25) is 0 Å². The molecule has 0 aliphatic carbocycles. The number of alkyl halides is 5. The average molecular weight is 337 g/mol. The van der Waals surface area contributed by atoms with Crippen LogP contribution in [-0.4, -0.2) is 26.9 Å². The molecular weight excluding hydrogens is 325 g/mol. The lowest BCUT2D eigenvalue weighted by atomic mass is 10.1. The first-order valence-electron chi connectivity index (χ1n) is 6.20. The van der Waals surface area contributed by atoms with Crippen LogP contribution in [-0.2, 0) is 6.18 Å². The molecule has 1 aromatic carbocycles. The molecule has 0 amide bonds. The second kappa shape index (κ2) is 6.23. The highest BCUT2D eigenvalue weighted by Crippen LogP contribution is 2.30. The van der Waals surface area contributed by atoms with Crippen molar-refractivity contribution in [3.05, 3.63) is 35.4 Å². The van der Waals surface area contributed by atoms with Crippen molar-refractivity contribution in [3.63, 3.8) is 0 Å². The maximum Gasteiger partial charge on any atom is 0.453 e. The van der Waals surface area contributed by atoms with Gasteiger partial charge in [0.1, 0.15) is 6.33 Å². The van der Waals surface area contributed by atoms with Gasteiger partial charge in [0.2, 0.25) is 6.43 Å². The summed E-state index contributed by atoms with van der Waals surface area (Å²) in [5.74, 6) is -1.62. The Morgan fingerprint density at radius 3 is 2.41 bits per heavy atom. The van der Waals surface area contributed by atoms with Gasteiger partial charge in [0.25, 0.3) is 5.82 Å². The quantitative estimate of drug-likeness (QED) is 0.617. The summed E-state index contributed by atoms with van der Waals surface area (Å²) < 4.78 is 63.3. The molecule has 0 aliphatic heterocycles. The number of thioether (sulfide) groups is 1. The topological polar surface area (TPSA) is 30.7 Å². The fraction of sp³-hybridized carbons (Fsp3) is 0.385. The number of aromatic nitrogens is 3. The Hall–Kier alpha value is -1.64. The molecule has 120 valence electrons. The Balaban J connectivity index is 2.38. The lowest BCUT2D eigenvalue weighted by Crippen LogP contribution is -2.09. The predicted molar refractivity (Wildman–Crippen MR) is 72.6 cm³/mol. The molecule has 2 rings (SSSR count). The van der Waals surface area contributed by atoms with Crippen molar-refractivity contribution in [1.82, 2.24) is 14.8 Å². The Bertz CT molecular complexity index is 666. The van der Waals surface area contributed by atoms with Crippen molar-refractivity contribution in [2.45, 2.75) is 31.3 Å². The molecule has 0 N–H and O–H groups in total.